The summed E-state index contributed by atoms with van der Waals surface area (Å²) in [5, 5.41) is 3.48. The first-order chi connectivity index (χ1) is 28.7. The van der Waals surface area contributed by atoms with Gasteiger partial charge in [0, 0.05) is 28.2 Å². The van der Waals surface area contributed by atoms with Crippen molar-refractivity contribution in [2.45, 2.75) is 12.8 Å². The number of benzene rings is 7. The van der Waals surface area contributed by atoms with Crippen molar-refractivity contribution < 1.29 is 0 Å². The van der Waals surface area contributed by atoms with Crippen LogP contribution in [0.3, 0.4) is 0 Å². The fourth-order valence-electron chi connectivity index (χ4n) is 7.43. The van der Waals surface area contributed by atoms with Crippen molar-refractivity contribution >= 4 is 28.2 Å². The molecule has 0 heterocycles. The highest BCUT2D eigenvalue weighted by molar-refractivity contribution is 5.97. The summed E-state index contributed by atoms with van der Waals surface area (Å²) < 4.78 is 0. The van der Waals surface area contributed by atoms with Crippen LogP contribution in [0.4, 0.5) is 17.1 Å². The number of hydrogen-bond donors (Lipinski definition) is 2. The first-order valence-electron chi connectivity index (χ1n) is 19.9. The molecule has 58 heavy (non-hydrogen) atoms. The molecule has 7 aromatic rings. The SMILES string of the molecule is C1=CC=C(c2ccc(Nc3ccc(-c4ccccc4)cc3)cc2)CC=C1.Nc1c(C2=CC=CC=CC2)ccc(-c2ccccc2)c1-c1cccc(-c2ccccc2)c1. The second-order valence-electron chi connectivity index (χ2n) is 14.3. The average molecular weight is 747 g/mol. The summed E-state index contributed by atoms with van der Waals surface area (Å²) in [7, 11) is 0. The molecule has 0 amide bonds. The van der Waals surface area contributed by atoms with E-state index in [9.17, 15) is 0 Å². The topological polar surface area (TPSA) is 38.0 Å². The lowest BCUT2D eigenvalue weighted by Crippen LogP contribution is -2.00. The lowest BCUT2D eigenvalue weighted by molar-refractivity contribution is 1.39. The monoisotopic (exact) mass is 746 g/mol. The van der Waals surface area contributed by atoms with Crippen LogP contribution < -0.4 is 11.1 Å². The number of rotatable bonds is 8. The highest BCUT2D eigenvalue weighted by Crippen LogP contribution is 2.42. The quantitative estimate of drug-likeness (QED) is 0.152. The molecule has 9 rings (SSSR count). The second kappa shape index (κ2) is 18.5. The van der Waals surface area contributed by atoms with Gasteiger partial charge in [-0.15, -0.1) is 0 Å². The molecule has 0 aliphatic heterocycles. The van der Waals surface area contributed by atoms with Gasteiger partial charge >= 0.3 is 0 Å². The Morgan fingerprint density at radius 2 is 0.810 bits per heavy atom. The highest BCUT2D eigenvalue weighted by Gasteiger charge is 2.17. The molecule has 280 valence electrons. The number of hydrogen-bond acceptors (Lipinski definition) is 2. The van der Waals surface area contributed by atoms with Crippen LogP contribution in [0.25, 0.3) is 55.7 Å². The molecule has 2 heteroatoms. The maximum Gasteiger partial charge on any atom is 0.0476 e. The molecule has 2 aliphatic carbocycles. The van der Waals surface area contributed by atoms with E-state index in [0.29, 0.717) is 0 Å². The predicted molar refractivity (Wildman–Crippen MR) is 251 cm³/mol. The molecular formula is C56H46N2. The van der Waals surface area contributed by atoms with Crippen LogP contribution in [0, 0.1) is 0 Å². The van der Waals surface area contributed by atoms with E-state index in [2.05, 4.69) is 224 Å². The molecule has 3 N–H and O–H groups in total. The Labute approximate surface area is 343 Å². The van der Waals surface area contributed by atoms with Crippen molar-refractivity contribution in [3.8, 4) is 44.5 Å². The Morgan fingerprint density at radius 1 is 0.345 bits per heavy atom. The molecule has 0 aromatic heterocycles. The first kappa shape index (κ1) is 37.5. The van der Waals surface area contributed by atoms with E-state index in [-0.39, 0.29) is 0 Å². The summed E-state index contributed by atoms with van der Waals surface area (Å²) in [5.41, 5.74) is 24.3. The summed E-state index contributed by atoms with van der Waals surface area (Å²) in [4.78, 5) is 0. The van der Waals surface area contributed by atoms with Crippen LogP contribution in [-0.2, 0) is 0 Å². The maximum absolute atomic E-state index is 6.94. The fraction of sp³-hybridized carbons (Fsp3) is 0.0357. The number of nitrogens with two attached hydrogens (primary N) is 1. The van der Waals surface area contributed by atoms with E-state index in [1.165, 1.54) is 44.5 Å². The van der Waals surface area contributed by atoms with Gasteiger partial charge in [0.25, 0.3) is 0 Å². The Bertz CT molecular complexity index is 2640. The summed E-state index contributed by atoms with van der Waals surface area (Å²) in [6, 6.07) is 61.7. The van der Waals surface area contributed by atoms with Gasteiger partial charge in [-0.25, -0.2) is 0 Å². The molecule has 7 aromatic carbocycles. The molecule has 2 nitrogen and oxygen atoms in total. The summed E-state index contributed by atoms with van der Waals surface area (Å²) in [6.45, 7) is 0. The van der Waals surface area contributed by atoms with Gasteiger partial charge in [0.15, 0.2) is 0 Å². The summed E-state index contributed by atoms with van der Waals surface area (Å²) in [5.74, 6) is 0. The van der Waals surface area contributed by atoms with Crippen molar-refractivity contribution in [1.82, 2.24) is 0 Å². The first-order valence-corrected chi connectivity index (χ1v) is 19.9. The third kappa shape index (κ3) is 9.16. The molecule has 0 atom stereocenters. The molecular weight excluding hydrogens is 701 g/mol. The van der Waals surface area contributed by atoms with Gasteiger partial charge < -0.3 is 11.1 Å². The van der Waals surface area contributed by atoms with Gasteiger partial charge in [-0.3, -0.25) is 0 Å². The van der Waals surface area contributed by atoms with Gasteiger partial charge in [0.2, 0.25) is 0 Å². The average Bonchev–Trinajstić information content (AvgIpc) is 3.75. The van der Waals surface area contributed by atoms with E-state index < -0.39 is 0 Å². The van der Waals surface area contributed by atoms with Crippen molar-refractivity contribution in [2.75, 3.05) is 11.1 Å². The minimum Gasteiger partial charge on any atom is -0.398 e. The fourth-order valence-corrected chi connectivity index (χ4v) is 7.43. The smallest absolute Gasteiger partial charge is 0.0476 e. The van der Waals surface area contributed by atoms with Crippen LogP contribution in [0.2, 0.25) is 0 Å². The zero-order chi connectivity index (χ0) is 39.4. The Hall–Kier alpha value is -7.42. The van der Waals surface area contributed by atoms with E-state index in [0.717, 1.165) is 52.2 Å². The summed E-state index contributed by atoms with van der Waals surface area (Å²) >= 11 is 0. The van der Waals surface area contributed by atoms with E-state index >= 15 is 0 Å². The van der Waals surface area contributed by atoms with Crippen molar-refractivity contribution in [3.05, 3.63) is 248 Å². The Kier molecular flexibility index (Phi) is 11.9. The zero-order valence-corrected chi connectivity index (χ0v) is 32.5. The van der Waals surface area contributed by atoms with Gasteiger partial charge in [-0.1, -0.05) is 206 Å². The van der Waals surface area contributed by atoms with Gasteiger partial charge in [-0.2, -0.15) is 0 Å². The molecule has 0 bridgehead atoms. The van der Waals surface area contributed by atoms with Crippen LogP contribution in [0.15, 0.2) is 237 Å². The minimum absolute atomic E-state index is 0.825. The van der Waals surface area contributed by atoms with Gasteiger partial charge in [0.1, 0.15) is 0 Å². The number of allylic oxidation sites excluding steroid dienone is 12. The number of nitrogen functional groups attached to an aromatic ring is 1. The largest absolute Gasteiger partial charge is 0.398 e. The van der Waals surface area contributed by atoms with Crippen LogP contribution in [-0.4, -0.2) is 0 Å². The molecule has 0 saturated carbocycles. The molecule has 0 saturated heterocycles. The normalized spacial score (nSPS) is 13.0. The summed E-state index contributed by atoms with van der Waals surface area (Å²) in [6.07, 6.45) is 23.0. The van der Waals surface area contributed by atoms with Gasteiger partial charge in [0.05, 0.1) is 0 Å². The number of nitrogens with one attached hydrogen (secondary N) is 1. The molecule has 0 unspecified atom stereocenters. The van der Waals surface area contributed by atoms with E-state index in [1.54, 1.807) is 0 Å². The second-order valence-corrected chi connectivity index (χ2v) is 14.3. The minimum atomic E-state index is 0.825. The predicted octanol–water partition coefficient (Wildman–Crippen LogP) is 15.2. The van der Waals surface area contributed by atoms with E-state index in [1.807, 2.05) is 18.2 Å². The highest BCUT2D eigenvalue weighted by atomic mass is 14.9. The third-order valence-corrected chi connectivity index (χ3v) is 10.5. The Balaban J connectivity index is 0.000000165. The lowest BCUT2D eigenvalue weighted by Gasteiger charge is -2.19. The third-order valence-electron chi connectivity index (χ3n) is 10.5. The molecule has 2 aliphatic rings. The molecule has 0 fully saturated rings. The number of anilines is 3. The maximum atomic E-state index is 6.94. The Morgan fingerprint density at radius 3 is 1.43 bits per heavy atom. The van der Waals surface area contributed by atoms with Crippen LogP contribution in [0.5, 0.6) is 0 Å². The molecule has 0 spiro atoms. The lowest BCUT2D eigenvalue weighted by atomic mass is 9.87. The van der Waals surface area contributed by atoms with Crippen molar-refractivity contribution in [1.29, 1.82) is 0 Å². The van der Waals surface area contributed by atoms with Crippen molar-refractivity contribution in [3.63, 3.8) is 0 Å². The standard InChI is InChI=1S/C31H25N.C25H21N/c32-31-29(25-16-5-1-2-6-17-25)21-20-28(24-14-9-4-10-15-24)30(31)27-19-11-18-26(22-27)23-12-7-3-8-13-23;1-2-5-9-20(8-4-1)22-12-16-24(17-13-22)26-25-18-14-23(15-19-25)21-10-6-3-7-11-21/h1-16,18-22H,17,32H2;1-8,10-19,26H,9H2. The van der Waals surface area contributed by atoms with Crippen molar-refractivity contribution in [2.24, 2.45) is 0 Å². The van der Waals surface area contributed by atoms with Gasteiger partial charge in [-0.05, 0) is 98.8 Å². The zero-order valence-electron chi connectivity index (χ0n) is 32.5. The van der Waals surface area contributed by atoms with E-state index in [4.69, 9.17) is 5.73 Å². The van der Waals surface area contributed by atoms with Crippen LogP contribution >= 0.6 is 0 Å². The molecule has 0 radical (unpaired) electrons. The van der Waals surface area contributed by atoms with Crippen LogP contribution in [0.1, 0.15) is 24.0 Å².